The lowest BCUT2D eigenvalue weighted by Gasteiger charge is -2.14. The fourth-order valence-corrected chi connectivity index (χ4v) is 3.39. The van der Waals surface area contributed by atoms with Crippen LogP contribution >= 0.6 is 0 Å². The van der Waals surface area contributed by atoms with Gasteiger partial charge in [-0.2, -0.15) is 0 Å². The molecule has 0 spiro atoms. The van der Waals surface area contributed by atoms with Crippen LogP contribution in [0.5, 0.6) is 11.5 Å². The van der Waals surface area contributed by atoms with Crippen molar-refractivity contribution in [3.05, 3.63) is 89.0 Å². The van der Waals surface area contributed by atoms with Crippen molar-refractivity contribution in [2.24, 2.45) is 0 Å². The molecule has 1 saturated heterocycles. The van der Waals surface area contributed by atoms with Crippen LogP contribution in [0, 0.1) is 0 Å². The van der Waals surface area contributed by atoms with Crippen LogP contribution in [0.3, 0.4) is 0 Å². The largest absolute Gasteiger partial charge is 0.493 e. The minimum absolute atomic E-state index is 0.0168. The zero-order valence-electron chi connectivity index (χ0n) is 18.6. The molecule has 0 radical (unpaired) electrons. The van der Waals surface area contributed by atoms with Gasteiger partial charge < -0.3 is 23.9 Å². The van der Waals surface area contributed by atoms with Gasteiger partial charge in [0.2, 0.25) is 5.76 Å². The first-order valence-electron chi connectivity index (χ1n) is 10.4. The fourth-order valence-electron chi connectivity index (χ4n) is 3.39. The number of hydrogen-bond donors (Lipinski definition) is 1. The predicted octanol–water partition coefficient (Wildman–Crippen LogP) is 3.75. The molecular formula is C25H22N2O7. The standard InChI is InChI=1S/C25H22N2O7/c1-31-20-10-6-9-17(22(20)33-15-16-7-4-3-5-8-16)13-19-23(28)27(25(30)26-19)14-18-11-12-21(34-18)24(29)32-2/h3-13H,14-15H2,1-2H3,(H,26,30)/b19-13+. The molecule has 2 heterocycles. The van der Waals surface area contributed by atoms with Gasteiger partial charge in [-0.05, 0) is 29.8 Å². The van der Waals surface area contributed by atoms with E-state index in [9.17, 15) is 14.4 Å². The summed E-state index contributed by atoms with van der Waals surface area (Å²) >= 11 is 0. The Labute approximate surface area is 195 Å². The molecule has 0 unspecified atom stereocenters. The number of nitrogens with one attached hydrogen (secondary N) is 1. The zero-order chi connectivity index (χ0) is 24.1. The number of rotatable bonds is 8. The number of carbonyl (C=O) groups is 3. The monoisotopic (exact) mass is 462 g/mol. The molecule has 1 fully saturated rings. The van der Waals surface area contributed by atoms with E-state index < -0.39 is 17.9 Å². The molecule has 3 aromatic rings. The third-order valence-electron chi connectivity index (χ3n) is 5.08. The number of furan rings is 1. The van der Waals surface area contributed by atoms with Crippen LogP contribution in [0.25, 0.3) is 6.08 Å². The van der Waals surface area contributed by atoms with Crippen LogP contribution in [0.2, 0.25) is 0 Å². The highest BCUT2D eigenvalue weighted by atomic mass is 16.5. The van der Waals surface area contributed by atoms with Crippen molar-refractivity contribution in [3.63, 3.8) is 0 Å². The van der Waals surface area contributed by atoms with E-state index in [4.69, 9.17) is 13.9 Å². The topological polar surface area (TPSA) is 107 Å². The van der Waals surface area contributed by atoms with Crippen molar-refractivity contribution < 1.29 is 33.0 Å². The third kappa shape index (κ3) is 4.78. The van der Waals surface area contributed by atoms with E-state index in [1.807, 2.05) is 30.3 Å². The minimum atomic E-state index is -0.648. The van der Waals surface area contributed by atoms with E-state index >= 15 is 0 Å². The Balaban J connectivity index is 1.55. The summed E-state index contributed by atoms with van der Waals surface area (Å²) in [7, 11) is 2.76. The van der Waals surface area contributed by atoms with Gasteiger partial charge in [0, 0.05) is 5.56 Å². The van der Waals surface area contributed by atoms with Gasteiger partial charge in [0.25, 0.3) is 5.91 Å². The molecule has 34 heavy (non-hydrogen) atoms. The number of imide groups is 1. The minimum Gasteiger partial charge on any atom is -0.493 e. The molecule has 0 atom stereocenters. The number of benzene rings is 2. The molecule has 1 aliphatic heterocycles. The summed E-state index contributed by atoms with van der Waals surface area (Å²) in [6, 6.07) is 17.2. The summed E-state index contributed by atoms with van der Waals surface area (Å²) < 4.78 is 21.4. The summed E-state index contributed by atoms with van der Waals surface area (Å²) in [6.45, 7) is 0.152. The number of amides is 3. The van der Waals surface area contributed by atoms with E-state index in [0.29, 0.717) is 23.7 Å². The molecule has 4 rings (SSSR count). The van der Waals surface area contributed by atoms with Crippen LogP contribution in [0.1, 0.15) is 27.4 Å². The summed E-state index contributed by atoms with van der Waals surface area (Å²) in [5.41, 5.74) is 1.60. The van der Waals surface area contributed by atoms with Gasteiger partial charge in [-0.3, -0.25) is 9.69 Å². The number of ether oxygens (including phenoxy) is 3. The molecule has 9 nitrogen and oxygen atoms in total. The maximum absolute atomic E-state index is 12.9. The first-order chi connectivity index (χ1) is 16.5. The highest BCUT2D eigenvalue weighted by Crippen LogP contribution is 2.34. The van der Waals surface area contributed by atoms with Crippen LogP contribution in [-0.2, 0) is 22.7 Å². The van der Waals surface area contributed by atoms with Crippen LogP contribution in [0.4, 0.5) is 4.79 Å². The average molecular weight is 462 g/mol. The van der Waals surface area contributed by atoms with Gasteiger partial charge in [-0.25, -0.2) is 9.59 Å². The molecule has 0 bridgehead atoms. The van der Waals surface area contributed by atoms with Gasteiger partial charge in [0.05, 0.1) is 20.8 Å². The van der Waals surface area contributed by atoms with E-state index in [1.165, 1.54) is 32.4 Å². The fraction of sp³-hybridized carbons (Fsp3) is 0.160. The van der Waals surface area contributed by atoms with Crippen LogP contribution in [-0.4, -0.2) is 37.0 Å². The Morgan fingerprint density at radius 3 is 2.56 bits per heavy atom. The molecule has 2 aromatic carbocycles. The molecule has 0 aliphatic carbocycles. The lowest BCUT2D eigenvalue weighted by atomic mass is 10.1. The van der Waals surface area contributed by atoms with Gasteiger partial charge in [-0.1, -0.05) is 42.5 Å². The van der Waals surface area contributed by atoms with Crippen LogP contribution in [0.15, 0.2) is 70.8 Å². The number of carbonyl (C=O) groups excluding carboxylic acids is 3. The number of hydrogen-bond acceptors (Lipinski definition) is 7. The van der Waals surface area contributed by atoms with Crippen molar-refractivity contribution in [2.75, 3.05) is 14.2 Å². The summed E-state index contributed by atoms with van der Waals surface area (Å²) in [4.78, 5) is 38.0. The van der Waals surface area contributed by atoms with Crippen molar-refractivity contribution in [3.8, 4) is 11.5 Å². The van der Waals surface area contributed by atoms with E-state index in [-0.39, 0.29) is 23.8 Å². The zero-order valence-corrected chi connectivity index (χ0v) is 18.6. The number of urea groups is 1. The SMILES string of the molecule is COC(=O)c1ccc(CN2C(=O)N/C(=C/c3cccc(OC)c3OCc3ccccc3)C2=O)o1. The first-order valence-corrected chi connectivity index (χ1v) is 10.4. The number of esters is 1. The molecule has 1 aliphatic rings. The van der Waals surface area contributed by atoms with E-state index in [0.717, 1.165) is 10.5 Å². The molecule has 3 amide bonds. The van der Waals surface area contributed by atoms with Crippen molar-refractivity contribution in [1.29, 1.82) is 0 Å². The normalized spacial score (nSPS) is 14.3. The maximum Gasteiger partial charge on any atom is 0.373 e. The Kier molecular flexibility index (Phi) is 6.63. The first kappa shape index (κ1) is 22.7. The van der Waals surface area contributed by atoms with Gasteiger partial charge in [-0.15, -0.1) is 0 Å². The summed E-state index contributed by atoms with van der Waals surface area (Å²) in [5, 5.41) is 2.57. The maximum atomic E-state index is 12.9. The third-order valence-corrected chi connectivity index (χ3v) is 5.08. The van der Waals surface area contributed by atoms with Gasteiger partial charge in [0.15, 0.2) is 11.5 Å². The second-order valence-corrected chi connectivity index (χ2v) is 7.29. The van der Waals surface area contributed by atoms with Gasteiger partial charge >= 0.3 is 12.0 Å². The second-order valence-electron chi connectivity index (χ2n) is 7.29. The molecule has 1 N–H and O–H groups in total. The second kappa shape index (κ2) is 9.95. The lowest BCUT2D eigenvalue weighted by molar-refractivity contribution is -0.123. The van der Waals surface area contributed by atoms with Crippen LogP contribution < -0.4 is 14.8 Å². The number of methoxy groups -OCH3 is 2. The predicted molar refractivity (Wildman–Crippen MR) is 121 cm³/mol. The highest BCUT2D eigenvalue weighted by Gasteiger charge is 2.34. The van der Waals surface area contributed by atoms with Gasteiger partial charge in [0.1, 0.15) is 18.1 Å². The molecule has 174 valence electrons. The molecule has 9 heteroatoms. The summed E-state index contributed by atoms with van der Waals surface area (Å²) in [6.07, 6.45) is 1.53. The molecular weight excluding hydrogens is 440 g/mol. The Bertz CT molecular complexity index is 1250. The number of nitrogens with zero attached hydrogens (tertiary/aromatic N) is 1. The Morgan fingerprint density at radius 2 is 1.82 bits per heavy atom. The smallest absolute Gasteiger partial charge is 0.373 e. The number of para-hydroxylation sites is 1. The van der Waals surface area contributed by atoms with Crippen molar-refractivity contribution in [2.45, 2.75) is 13.2 Å². The van der Waals surface area contributed by atoms with E-state index in [2.05, 4.69) is 10.1 Å². The molecule has 0 saturated carbocycles. The lowest BCUT2D eigenvalue weighted by Crippen LogP contribution is -2.30. The quantitative estimate of drug-likeness (QED) is 0.309. The van der Waals surface area contributed by atoms with E-state index in [1.54, 1.807) is 18.2 Å². The Hall–Kier alpha value is -4.53. The van der Waals surface area contributed by atoms with Crippen molar-refractivity contribution in [1.82, 2.24) is 10.2 Å². The Morgan fingerprint density at radius 1 is 1.03 bits per heavy atom. The van der Waals surface area contributed by atoms with Crippen molar-refractivity contribution >= 4 is 24.0 Å². The molecule has 1 aromatic heterocycles. The average Bonchev–Trinajstić information content (AvgIpc) is 3.43. The highest BCUT2D eigenvalue weighted by molar-refractivity contribution is 6.14. The summed E-state index contributed by atoms with van der Waals surface area (Å²) in [5.74, 6) is -0.0151.